The van der Waals surface area contributed by atoms with E-state index in [1.165, 1.54) is 0 Å². The number of hydrazine groups is 1. The van der Waals surface area contributed by atoms with Gasteiger partial charge >= 0.3 is 0 Å². The molecule has 94 valence electrons. The molecule has 0 bridgehead atoms. The van der Waals surface area contributed by atoms with Crippen LogP contribution in [0.25, 0.3) is 0 Å². The quantitative estimate of drug-likeness (QED) is 0.488. The standard InChI is InChI=1S/C14H17N3O/c1-2-12-8-9-13(14(18)16-15)17(12)10-11-6-4-3-5-7-11/h3-9H,2,10,15H2,1H3,(H,16,18). The van der Waals surface area contributed by atoms with Crippen LogP contribution in [-0.2, 0) is 13.0 Å². The van der Waals surface area contributed by atoms with Gasteiger partial charge in [-0.1, -0.05) is 37.3 Å². The average molecular weight is 243 g/mol. The Kier molecular flexibility index (Phi) is 3.79. The summed E-state index contributed by atoms with van der Waals surface area (Å²) >= 11 is 0. The molecule has 0 spiro atoms. The number of rotatable bonds is 4. The fourth-order valence-corrected chi connectivity index (χ4v) is 2.04. The van der Waals surface area contributed by atoms with Gasteiger partial charge in [-0.25, -0.2) is 5.84 Å². The molecule has 0 unspecified atom stereocenters. The van der Waals surface area contributed by atoms with E-state index >= 15 is 0 Å². The maximum Gasteiger partial charge on any atom is 0.281 e. The topological polar surface area (TPSA) is 60.1 Å². The lowest BCUT2D eigenvalue weighted by molar-refractivity contribution is 0.0944. The summed E-state index contributed by atoms with van der Waals surface area (Å²) in [6.07, 6.45) is 0.880. The van der Waals surface area contributed by atoms with Gasteiger partial charge in [-0.05, 0) is 24.1 Å². The Morgan fingerprint density at radius 1 is 1.22 bits per heavy atom. The molecule has 3 N–H and O–H groups in total. The van der Waals surface area contributed by atoms with Crippen molar-refractivity contribution in [2.75, 3.05) is 0 Å². The second kappa shape index (κ2) is 5.51. The van der Waals surface area contributed by atoms with Gasteiger partial charge in [0, 0.05) is 12.2 Å². The van der Waals surface area contributed by atoms with Gasteiger partial charge in [0.25, 0.3) is 5.91 Å². The van der Waals surface area contributed by atoms with Crippen LogP contribution in [0.2, 0.25) is 0 Å². The minimum atomic E-state index is -0.259. The van der Waals surface area contributed by atoms with E-state index in [1.54, 1.807) is 0 Å². The molecular weight excluding hydrogens is 226 g/mol. The van der Waals surface area contributed by atoms with E-state index in [1.807, 2.05) is 47.0 Å². The molecule has 1 heterocycles. The number of nitrogens with one attached hydrogen (secondary N) is 1. The zero-order chi connectivity index (χ0) is 13.0. The number of aryl methyl sites for hydroxylation is 1. The third-order valence-corrected chi connectivity index (χ3v) is 2.98. The highest BCUT2D eigenvalue weighted by molar-refractivity contribution is 5.92. The second-order valence-electron chi connectivity index (χ2n) is 4.11. The van der Waals surface area contributed by atoms with Gasteiger partial charge in [-0.3, -0.25) is 10.2 Å². The summed E-state index contributed by atoms with van der Waals surface area (Å²) in [7, 11) is 0. The molecule has 2 aromatic rings. The molecule has 2 rings (SSSR count). The first-order valence-corrected chi connectivity index (χ1v) is 5.99. The third kappa shape index (κ3) is 2.43. The number of benzene rings is 1. The van der Waals surface area contributed by atoms with Crippen LogP contribution in [0.4, 0.5) is 0 Å². The van der Waals surface area contributed by atoms with Crippen molar-refractivity contribution in [3.8, 4) is 0 Å². The summed E-state index contributed by atoms with van der Waals surface area (Å²) in [6.45, 7) is 2.75. The number of nitrogens with two attached hydrogens (primary N) is 1. The van der Waals surface area contributed by atoms with Crippen LogP contribution in [0, 0.1) is 0 Å². The van der Waals surface area contributed by atoms with Gasteiger partial charge in [0.2, 0.25) is 0 Å². The maximum atomic E-state index is 11.7. The molecule has 0 fully saturated rings. The van der Waals surface area contributed by atoms with Crippen LogP contribution < -0.4 is 11.3 Å². The first-order chi connectivity index (χ1) is 8.76. The summed E-state index contributed by atoms with van der Waals surface area (Å²) in [4.78, 5) is 11.7. The molecule has 0 saturated carbocycles. The van der Waals surface area contributed by atoms with Crippen LogP contribution in [0.5, 0.6) is 0 Å². The molecular formula is C14H17N3O. The van der Waals surface area contributed by atoms with Gasteiger partial charge < -0.3 is 4.57 Å². The smallest absolute Gasteiger partial charge is 0.281 e. The number of hydrogen-bond acceptors (Lipinski definition) is 2. The fraction of sp³-hybridized carbons (Fsp3) is 0.214. The molecule has 0 radical (unpaired) electrons. The number of nitrogen functional groups attached to an aromatic ring is 1. The number of carbonyl (C=O) groups excluding carboxylic acids is 1. The van der Waals surface area contributed by atoms with E-state index in [0.717, 1.165) is 17.7 Å². The lowest BCUT2D eigenvalue weighted by Crippen LogP contribution is -2.32. The van der Waals surface area contributed by atoms with Crippen molar-refractivity contribution in [2.45, 2.75) is 19.9 Å². The van der Waals surface area contributed by atoms with Crippen molar-refractivity contribution in [3.05, 3.63) is 59.4 Å². The van der Waals surface area contributed by atoms with Gasteiger partial charge in [0.15, 0.2) is 0 Å². The Morgan fingerprint density at radius 3 is 2.56 bits per heavy atom. The van der Waals surface area contributed by atoms with Crippen molar-refractivity contribution < 1.29 is 4.79 Å². The molecule has 0 aliphatic heterocycles. The molecule has 1 aromatic heterocycles. The van der Waals surface area contributed by atoms with E-state index in [9.17, 15) is 4.79 Å². The molecule has 4 heteroatoms. The minimum Gasteiger partial charge on any atom is -0.336 e. The predicted octanol–water partition coefficient (Wildman–Crippen LogP) is 1.70. The van der Waals surface area contributed by atoms with E-state index < -0.39 is 0 Å². The molecule has 0 aliphatic carbocycles. The number of aromatic nitrogens is 1. The molecule has 4 nitrogen and oxygen atoms in total. The average Bonchev–Trinajstić information content (AvgIpc) is 2.82. The Balaban J connectivity index is 2.36. The van der Waals surface area contributed by atoms with E-state index in [4.69, 9.17) is 5.84 Å². The first kappa shape index (κ1) is 12.4. The van der Waals surface area contributed by atoms with E-state index in [-0.39, 0.29) is 5.91 Å². The number of amides is 1. The van der Waals surface area contributed by atoms with Gasteiger partial charge in [0.05, 0.1) is 0 Å². The monoisotopic (exact) mass is 243 g/mol. The Labute approximate surface area is 106 Å². The lowest BCUT2D eigenvalue weighted by atomic mass is 10.2. The minimum absolute atomic E-state index is 0.259. The van der Waals surface area contributed by atoms with Crippen molar-refractivity contribution in [3.63, 3.8) is 0 Å². The summed E-state index contributed by atoms with van der Waals surface area (Å²) in [6, 6.07) is 13.8. The zero-order valence-corrected chi connectivity index (χ0v) is 10.4. The summed E-state index contributed by atoms with van der Waals surface area (Å²) in [5.74, 6) is 4.95. The number of nitrogens with zero attached hydrogens (tertiary/aromatic N) is 1. The first-order valence-electron chi connectivity index (χ1n) is 5.99. The highest BCUT2D eigenvalue weighted by atomic mass is 16.2. The molecule has 0 saturated heterocycles. The predicted molar refractivity (Wildman–Crippen MR) is 71.0 cm³/mol. The molecule has 0 atom stereocenters. The van der Waals surface area contributed by atoms with Crippen LogP contribution in [0.15, 0.2) is 42.5 Å². The number of carbonyl (C=O) groups is 1. The Bertz CT molecular complexity index is 531. The van der Waals surface area contributed by atoms with Gasteiger partial charge in [-0.15, -0.1) is 0 Å². The van der Waals surface area contributed by atoms with Crippen LogP contribution in [0.1, 0.15) is 28.7 Å². The Hall–Kier alpha value is -2.07. The summed E-state index contributed by atoms with van der Waals surface area (Å²) in [5.41, 5.74) is 5.06. The van der Waals surface area contributed by atoms with Crippen LogP contribution in [0.3, 0.4) is 0 Å². The second-order valence-corrected chi connectivity index (χ2v) is 4.11. The summed E-state index contributed by atoms with van der Waals surface area (Å²) < 4.78 is 2.00. The Morgan fingerprint density at radius 2 is 1.94 bits per heavy atom. The maximum absolute atomic E-state index is 11.7. The van der Waals surface area contributed by atoms with Crippen LogP contribution in [-0.4, -0.2) is 10.5 Å². The van der Waals surface area contributed by atoms with Crippen molar-refractivity contribution in [1.82, 2.24) is 9.99 Å². The zero-order valence-electron chi connectivity index (χ0n) is 10.4. The van der Waals surface area contributed by atoms with Crippen molar-refractivity contribution in [2.24, 2.45) is 5.84 Å². The van der Waals surface area contributed by atoms with E-state index in [2.05, 4.69) is 12.3 Å². The normalized spacial score (nSPS) is 10.3. The van der Waals surface area contributed by atoms with Crippen molar-refractivity contribution in [1.29, 1.82) is 0 Å². The van der Waals surface area contributed by atoms with Crippen LogP contribution >= 0.6 is 0 Å². The molecule has 1 amide bonds. The largest absolute Gasteiger partial charge is 0.336 e. The summed E-state index contributed by atoms with van der Waals surface area (Å²) in [5, 5.41) is 0. The highest BCUT2D eigenvalue weighted by Crippen LogP contribution is 2.13. The van der Waals surface area contributed by atoms with E-state index in [0.29, 0.717) is 12.2 Å². The molecule has 18 heavy (non-hydrogen) atoms. The SMILES string of the molecule is CCc1ccc(C(=O)NN)n1Cc1ccccc1. The highest BCUT2D eigenvalue weighted by Gasteiger charge is 2.13. The lowest BCUT2D eigenvalue weighted by Gasteiger charge is -2.12. The fourth-order valence-electron chi connectivity index (χ4n) is 2.04. The van der Waals surface area contributed by atoms with Gasteiger partial charge in [0.1, 0.15) is 5.69 Å². The van der Waals surface area contributed by atoms with Gasteiger partial charge in [-0.2, -0.15) is 0 Å². The number of hydrogen-bond donors (Lipinski definition) is 2. The van der Waals surface area contributed by atoms with Crippen molar-refractivity contribution >= 4 is 5.91 Å². The molecule has 1 aromatic carbocycles. The molecule has 0 aliphatic rings. The third-order valence-electron chi connectivity index (χ3n) is 2.98.